The minimum Gasteiger partial charge on any atom is -0.348 e. The van der Waals surface area contributed by atoms with Gasteiger partial charge in [-0.25, -0.2) is 9.07 Å². The monoisotopic (exact) mass is 385 g/mol. The van der Waals surface area contributed by atoms with Crippen molar-refractivity contribution in [3.63, 3.8) is 0 Å². The number of carbonyl (C=O) groups is 1. The Morgan fingerprint density at radius 2 is 1.78 bits per heavy atom. The largest absolute Gasteiger partial charge is 0.348 e. The standard InChI is InChI=1S/C21H21ClFN3O/c1-13(2)14(3)24-21(27)20-12-18(15-8-10-16(23)11-9-15)25-26(20)19-7-5-4-6-17(19)22/h4-14H,1-3H3,(H,24,27)/t14-/m0/s1. The lowest BCUT2D eigenvalue weighted by atomic mass is 10.1. The lowest BCUT2D eigenvalue weighted by molar-refractivity contribution is 0.0922. The summed E-state index contributed by atoms with van der Waals surface area (Å²) < 4.78 is 14.8. The van der Waals surface area contributed by atoms with Gasteiger partial charge in [0.25, 0.3) is 5.91 Å². The van der Waals surface area contributed by atoms with Gasteiger partial charge in [-0.15, -0.1) is 0 Å². The Kier molecular flexibility index (Phi) is 5.61. The summed E-state index contributed by atoms with van der Waals surface area (Å²) in [6.45, 7) is 6.04. The number of rotatable bonds is 5. The topological polar surface area (TPSA) is 46.9 Å². The Morgan fingerprint density at radius 3 is 2.41 bits per heavy atom. The van der Waals surface area contributed by atoms with E-state index in [4.69, 9.17) is 11.6 Å². The molecule has 0 fully saturated rings. The number of halogens is 2. The van der Waals surface area contributed by atoms with Crippen molar-refractivity contribution in [2.45, 2.75) is 26.8 Å². The molecular formula is C21H21ClFN3O. The van der Waals surface area contributed by atoms with Crippen molar-refractivity contribution < 1.29 is 9.18 Å². The molecule has 0 aliphatic rings. The Hall–Kier alpha value is -2.66. The maximum Gasteiger partial charge on any atom is 0.270 e. The van der Waals surface area contributed by atoms with E-state index in [1.807, 2.05) is 32.9 Å². The lowest BCUT2D eigenvalue weighted by Gasteiger charge is -2.17. The fourth-order valence-corrected chi connectivity index (χ4v) is 2.77. The molecule has 2 aromatic carbocycles. The highest BCUT2D eigenvalue weighted by molar-refractivity contribution is 6.32. The molecule has 0 aliphatic carbocycles. The molecule has 1 amide bonds. The zero-order chi connectivity index (χ0) is 19.6. The molecule has 0 saturated heterocycles. The van der Waals surface area contributed by atoms with E-state index in [0.29, 0.717) is 33.6 Å². The minimum atomic E-state index is -0.326. The van der Waals surface area contributed by atoms with Crippen molar-refractivity contribution in [2.24, 2.45) is 5.92 Å². The van der Waals surface area contributed by atoms with Gasteiger partial charge in [0.15, 0.2) is 0 Å². The molecule has 1 atom stereocenters. The maximum absolute atomic E-state index is 13.2. The van der Waals surface area contributed by atoms with E-state index in [9.17, 15) is 9.18 Å². The lowest BCUT2D eigenvalue weighted by Crippen LogP contribution is -2.37. The minimum absolute atomic E-state index is 0.00127. The van der Waals surface area contributed by atoms with Crippen molar-refractivity contribution in [1.82, 2.24) is 15.1 Å². The van der Waals surface area contributed by atoms with Gasteiger partial charge in [0.05, 0.1) is 16.4 Å². The molecule has 1 N–H and O–H groups in total. The Morgan fingerprint density at radius 1 is 1.11 bits per heavy atom. The van der Waals surface area contributed by atoms with Crippen LogP contribution in [0.1, 0.15) is 31.3 Å². The number of nitrogens with zero attached hydrogens (tertiary/aromatic N) is 2. The van der Waals surface area contributed by atoms with Crippen molar-refractivity contribution in [1.29, 1.82) is 0 Å². The zero-order valence-corrected chi connectivity index (χ0v) is 16.2. The van der Waals surface area contributed by atoms with Gasteiger partial charge in [-0.1, -0.05) is 37.6 Å². The SMILES string of the molecule is CC(C)[C@H](C)NC(=O)c1cc(-c2ccc(F)cc2)nn1-c1ccccc1Cl. The molecule has 27 heavy (non-hydrogen) atoms. The highest BCUT2D eigenvalue weighted by Crippen LogP contribution is 2.26. The number of aromatic nitrogens is 2. The Bertz CT molecular complexity index is 950. The van der Waals surface area contributed by atoms with E-state index >= 15 is 0 Å². The smallest absolute Gasteiger partial charge is 0.270 e. The summed E-state index contributed by atoms with van der Waals surface area (Å²) in [5.74, 6) is -0.271. The summed E-state index contributed by atoms with van der Waals surface area (Å²) in [6.07, 6.45) is 0. The van der Waals surface area contributed by atoms with Crippen LogP contribution < -0.4 is 5.32 Å². The number of carbonyl (C=O) groups excluding carboxylic acids is 1. The average molecular weight is 386 g/mol. The van der Waals surface area contributed by atoms with Crippen LogP contribution in [-0.4, -0.2) is 21.7 Å². The van der Waals surface area contributed by atoms with E-state index in [-0.39, 0.29) is 17.8 Å². The van der Waals surface area contributed by atoms with Crippen molar-refractivity contribution >= 4 is 17.5 Å². The molecule has 3 rings (SSSR count). The van der Waals surface area contributed by atoms with E-state index in [2.05, 4.69) is 10.4 Å². The van der Waals surface area contributed by atoms with Crippen molar-refractivity contribution in [2.75, 3.05) is 0 Å². The molecule has 4 nitrogen and oxygen atoms in total. The first-order chi connectivity index (χ1) is 12.9. The summed E-state index contributed by atoms with van der Waals surface area (Å²) in [4.78, 5) is 12.9. The predicted octanol–water partition coefficient (Wildman–Crippen LogP) is 5.11. The molecule has 0 spiro atoms. The third kappa shape index (κ3) is 4.19. The fraction of sp³-hybridized carbons (Fsp3) is 0.238. The van der Waals surface area contributed by atoms with Crippen LogP contribution in [0.4, 0.5) is 4.39 Å². The van der Waals surface area contributed by atoms with Crippen molar-refractivity contribution in [3.8, 4) is 16.9 Å². The predicted molar refractivity (Wildman–Crippen MR) is 106 cm³/mol. The first kappa shape index (κ1) is 19.1. The van der Waals surface area contributed by atoms with Gasteiger partial charge >= 0.3 is 0 Å². The highest BCUT2D eigenvalue weighted by Gasteiger charge is 2.21. The van der Waals surface area contributed by atoms with Gasteiger partial charge in [-0.05, 0) is 55.3 Å². The first-order valence-corrected chi connectivity index (χ1v) is 9.16. The quantitative estimate of drug-likeness (QED) is 0.663. The van der Waals surface area contributed by atoms with Gasteiger partial charge in [-0.2, -0.15) is 5.10 Å². The maximum atomic E-state index is 13.2. The third-order valence-electron chi connectivity index (χ3n) is 4.52. The Labute approximate surface area is 163 Å². The molecule has 0 bridgehead atoms. The Balaban J connectivity index is 2.08. The number of hydrogen-bond acceptors (Lipinski definition) is 2. The number of benzene rings is 2. The van der Waals surface area contributed by atoms with Crippen LogP contribution >= 0.6 is 11.6 Å². The molecule has 0 saturated carbocycles. The van der Waals surface area contributed by atoms with E-state index in [1.54, 1.807) is 30.3 Å². The molecular weight excluding hydrogens is 365 g/mol. The van der Waals surface area contributed by atoms with Crippen LogP contribution in [0.15, 0.2) is 54.6 Å². The van der Waals surface area contributed by atoms with Crippen LogP contribution in [0.2, 0.25) is 5.02 Å². The van der Waals surface area contributed by atoms with E-state index in [1.165, 1.54) is 16.8 Å². The first-order valence-electron chi connectivity index (χ1n) is 8.78. The summed E-state index contributed by atoms with van der Waals surface area (Å²) in [5, 5.41) is 8.04. The molecule has 0 unspecified atom stereocenters. The summed E-state index contributed by atoms with van der Waals surface area (Å²) in [6, 6.07) is 14.9. The van der Waals surface area contributed by atoms with Gasteiger partial charge in [0, 0.05) is 11.6 Å². The fourth-order valence-electron chi connectivity index (χ4n) is 2.56. The van der Waals surface area contributed by atoms with Crippen LogP contribution in [0, 0.1) is 11.7 Å². The molecule has 1 aromatic heterocycles. The molecule has 0 radical (unpaired) electrons. The van der Waals surface area contributed by atoms with Gasteiger partial charge in [0.1, 0.15) is 11.5 Å². The second kappa shape index (κ2) is 7.92. The number of hydrogen-bond donors (Lipinski definition) is 1. The summed E-state index contributed by atoms with van der Waals surface area (Å²) in [5.41, 5.74) is 2.26. The zero-order valence-electron chi connectivity index (χ0n) is 15.4. The number of amides is 1. The van der Waals surface area contributed by atoms with Crippen molar-refractivity contribution in [3.05, 3.63) is 71.1 Å². The third-order valence-corrected chi connectivity index (χ3v) is 4.84. The number of para-hydroxylation sites is 1. The van der Waals surface area contributed by atoms with Crippen LogP contribution in [0.3, 0.4) is 0 Å². The van der Waals surface area contributed by atoms with E-state index in [0.717, 1.165) is 0 Å². The van der Waals surface area contributed by atoms with Gasteiger partial charge in [0.2, 0.25) is 0 Å². The van der Waals surface area contributed by atoms with Crippen LogP contribution in [0.5, 0.6) is 0 Å². The molecule has 6 heteroatoms. The molecule has 3 aromatic rings. The van der Waals surface area contributed by atoms with Crippen LogP contribution in [-0.2, 0) is 0 Å². The van der Waals surface area contributed by atoms with Gasteiger partial charge < -0.3 is 5.32 Å². The second-order valence-electron chi connectivity index (χ2n) is 6.79. The normalized spacial score (nSPS) is 12.2. The summed E-state index contributed by atoms with van der Waals surface area (Å²) in [7, 11) is 0. The molecule has 140 valence electrons. The second-order valence-corrected chi connectivity index (χ2v) is 7.20. The average Bonchev–Trinajstić information content (AvgIpc) is 3.07. The molecule has 1 heterocycles. The molecule has 0 aliphatic heterocycles. The van der Waals surface area contributed by atoms with E-state index < -0.39 is 0 Å². The van der Waals surface area contributed by atoms with Gasteiger partial charge in [-0.3, -0.25) is 4.79 Å². The number of nitrogens with one attached hydrogen (secondary N) is 1. The summed E-state index contributed by atoms with van der Waals surface area (Å²) >= 11 is 6.33. The van der Waals surface area contributed by atoms with Crippen LogP contribution in [0.25, 0.3) is 16.9 Å². The highest BCUT2D eigenvalue weighted by atomic mass is 35.5.